The van der Waals surface area contributed by atoms with E-state index in [-0.39, 0.29) is 22.9 Å². The molecule has 23 heavy (non-hydrogen) atoms. The van der Waals surface area contributed by atoms with Crippen LogP contribution in [0.3, 0.4) is 0 Å². The van der Waals surface area contributed by atoms with E-state index in [0.717, 1.165) is 29.6 Å². The number of sulfonamides is 1. The summed E-state index contributed by atoms with van der Waals surface area (Å²) < 4.78 is 69.7. The molecule has 0 radical (unpaired) electrons. The highest BCUT2D eigenvalue weighted by Gasteiger charge is 2.51. The first-order valence-electron chi connectivity index (χ1n) is 6.97. The number of carbonyl (C=O) groups is 1. The van der Waals surface area contributed by atoms with E-state index in [1.54, 1.807) is 0 Å². The number of halogens is 3. The second-order valence-electron chi connectivity index (χ2n) is 5.61. The van der Waals surface area contributed by atoms with Gasteiger partial charge in [-0.1, -0.05) is 0 Å². The van der Waals surface area contributed by atoms with Crippen molar-refractivity contribution in [2.75, 3.05) is 7.11 Å². The maximum absolute atomic E-state index is 12.9. The molecule has 0 unspecified atom stereocenters. The van der Waals surface area contributed by atoms with Crippen LogP contribution in [-0.4, -0.2) is 31.8 Å². The van der Waals surface area contributed by atoms with E-state index < -0.39 is 33.8 Å². The smallest absolute Gasteiger partial charge is 0.416 e. The molecule has 1 heterocycles. The predicted molar refractivity (Wildman–Crippen MR) is 72.9 cm³/mol. The summed E-state index contributed by atoms with van der Waals surface area (Å²) >= 11 is 0. The molecule has 1 atom stereocenters. The molecule has 0 N–H and O–H groups in total. The van der Waals surface area contributed by atoms with Gasteiger partial charge in [-0.25, -0.2) is 8.42 Å². The maximum Gasteiger partial charge on any atom is 0.416 e. The Kier molecular flexibility index (Phi) is 3.68. The quantitative estimate of drug-likeness (QED) is 0.787. The summed E-state index contributed by atoms with van der Waals surface area (Å²) in [5.41, 5.74) is -0.920. The van der Waals surface area contributed by atoms with Crippen LogP contribution in [0.1, 0.15) is 36.4 Å². The fourth-order valence-corrected chi connectivity index (χ4v) is 4.95. The van der Waals surface area contributed by atoms with E-state index in [4.69, 9.17) is 0 Å². The van der Waals surface area contributed by atoms with Gasteiger partial charge < -0.3 is 4.74 Å². The highest BCUT2D eigenvalue weighted by Crippen LogP contribution is 2.49. The molecular formula is C14H14F3NO4S. The summed E-state index contributed by atoms with van der Waals surface area (Å²) in [6, 6.07) is 1.33. The van der Waals surface area contributed by atoms with Crippen LogP contribution >= 0.6 is 0 Å². The zero-order valence-electron chi connectivity index (χ0n) is 12.1. The third kappa shape index (κ3) is 2.72. The largest absolute Gasteiger partial charge is 0.469 e. The molecule has 0 bridgehead atoms. The summed E-state index contributed by atoms with van der Waals surface area (Å²) in [6.45, 7) is 0. The van der Waals surface area contributed by atoms with E-state index in [1.807, 2.05) is 0 Å². The zero-order valence-corrected chi connectivity index (χ0v) is 12.9. The minimum absolute atomic E-state index is 0.0112. The lowest BCUT2D eigenvalue weighted by Crippen LogP contribution is -2.31. The Hall–Kier alpha value is -1.61. The molecule has 2 aliphatic rings. The van der Waals surface area contributed by atoms with Gasteiger partial charge in [0.25, 0.3) is 0 Å². The van der Waals surface area contributed by atoms with Crippen molar-refractivity contribution in [3.8, 4) is 0 Å². The highest BCUT2D eigenvalue weighted by atomic mass is 32.2. The Bertz CT molecular complexity index is 756. The van der Waals surface area contributed by atoms with Crippen LogP contribution in [0.5, 0.6) is 0 Å². The van der Waals surface area contributed by atoms with Crippen molar-refractivity contribution in [3.05, 3.63) is 29.3 Å². The number of rotatable bonds is 3. The Morgan fingerprint density at radius 3 is 2.52 bits per heavy atom. The van der Waals surface area contributed by atoms with Crippen molar-refractivity contribution in [2.45, 2.75) is 42.4 Å². The first kappa shape index (κ1) is 16.3. The predicted octanol–water partition coefficient (Wildman–Crippen LogP) is 2.48. The van der Waals surface area contributed by atoms with E-state index >= 15 is 0 Å². The van der Waals surface area contributed by atoms with Crippen LogP contribution < -0.4 is 0 Å². The first-order chi connectivity index (χ1) is 10.7. The Morgan fingerprint density at radius 1 is 1.35 bits per heavy atom. The third-order valence-electron chi connectivity index (χ3n) is 4.05. The average Bonchev–Trinajstić information content (AvgIpc) is 3.26. The van der Waals surface area contributed by atoms with E-state index in [2.05, 4.69) is 4.74 Å². The number of fused-ring (bicyclic) bond motifs is 1. The number of hydrogen-bond acceptors (Lipinski definition) is 4. The monoisotopic (exact) mass is 349 g/mol. The van der Waals surface area contributed by atoms with Gasteiger partial charge in [0.1, 0.15) is 0 Å². The van der Waals surface area contributed by atoms with Gasteiger partial charge in [-0.05, 0) is 36.6 Å². The van der Waals surface area contributed by atoms with Crippen molar-refractivity contribution in [3.63, 3.8) is 0 Å². The molecule has 1 aliphatic carbocycles. The minimum Gasteiger partial charge on any atom is -0.469 e. The van der Waals surface area contributed by atoms with E-state index in [1.165, 1.54) is 0 Å². The molecule has 126 valence electrons. The van der Waals surface area contributed by atoms with Crippen molar-refractivity contribution in [1.29, 1.82) is 0 Å². The van der Waals surface area contributed by atoms with Crippen LogP contribution in [0, 0.1) is 0 Å². The normalized spacial score (nSPS) is 23.6. The molecule has 0 saturated heterocycles. The number of ether oxygens (including phenoxy) is 1. The molecule has 0 amide bonds. The molecule has 0 spiro atoms. The summed E-state index contributed by atoms with van der Waals surface area (Å²) in [7, 11) is -2.74. The molecule has 3 rings (SSSR count). The molecule has 1 aromatic rings. The number of alkyl halides is 3. The fourth-order valence-electron chi connectivity index (χ4n) is 2.86. The van der Waals surface area contributed by atoms with Crippen molar-refractivity contribution < 1.29 is 31.1 Å². The number of nitrogens with zero attached hydrogens (tertiary/aromatic N) is 1. The summed E-state index contributed by atoms with van der Waals surface area (Å²) in [5.74, 6) is -0.666. The summed E-state index contributed by atoms with van der Waals surface area (Å²) in [6.07, 6.45) is -3.61. The van der Waals surface area contributed by atoms with Crippen molar-refractivity contribution >= 4 is 16.0 Å². The number of benzene rings is 1. The fraction of sp³-hybridized carbons (Fsp3) is 0.500. The van der Waals surface area contributed by atoms with E-state index in [9.17, 15) is 26.4 Å². The van der Waals surface area contributed by atoms with Gasteiger partial charge in [0.05, 0.1) is 30.0 Å². The molecule has 1 saturated carbocycles. The van der Waals surface area contributed by atoms with Gasteiger partial charge in [0, 0.05) is 6.04 Å². The van der Waals surface area contributed by atoms with Gasteiger partial charge in [-0.3, -0.25) is 4.79 Å². The minimum atomic E-state index is -4.58. The summed E-state index contributed by atoms with van der Waals surface area (Å²) in [5, 5.41) is 0. The van der Waals surface area contributed by atoms with Gasteiger partial charge in [0.2, 0.25) is 10.0 Å². The number of carbonyl (C=O) groups excluding carboxylic acids is 1. The second kappa shape index (κ2) is 5.20. The van der Waals surface area contributed by atoms with Crippen molar-refractivity contribution in [2.24, 2.45) is 0 Å². The second-order valence-corrected chi connectivity index (χ2v) is 7.42. The topological polar surface area (TPSA) is 63.7 Å². The van der Waals surface area contributed by atoms with Crippen molar-refractivity contribution in [1.82, 2.24) is 4.31 Å². The molecule has 5 nitrogen and oxygen atoms in total. The number of esters is 1. The molecule has 1 fully saturated rings. The van der Waals surface area contributed by atoms with Crippen LogP contribution in [0.25, 0.3) is 0 Å². The van der Waals surface area contributed by atoms with Gasteiger partial charge in [-0.15, -0.1) is 0 Å². The molecule has 9 heteroatoms. The Morgan fingerprint density at radius 2 is 2.00 bits per heavy atom. The lowest BCUT2D eigenvalue weighted by atomic mass is 10.0. The van der Waals surface area contributed by atoms with Crippen LogP contribution in [-0.2, 0) is 25.7 Å². The summed E-state index contributed by atoms with van der Waals surface area (Å²) in [4.78, 5) is 11.4. The van der Waals surface area contributed by atoms with Gasteiger partial charge in [-0.2, -0.15) is 17.5 Å². The lowest BCUT2D eigenvalue weighted by Gasteiger charge is -2.22. The lowest BCUT2D eigenvalue weighted by molar-refractivity contribution is -0.141. The van der Waals surface area contributed by atoms with Gasteiger partial charge >= 0.3 is 12.1 Å². The molecule has 0 aromatic heterocycles. The Labute approximate surface area is 131 Å². The average molecular weight is 349 g/mol. The number of methoxy groups -OCH3 is 1. The standard InChI is InChI=1S/C14H14F3NO4S/c1-22-13(19)7-11-10-6-8(14(15,16)17)2-5-12(10)23(20,21)18(11)9-3-4-9/h2,5-6,9,11H,3-4,7H2,1H3/t11-/m0/s1. The van der Waals surface area contributed by atoms with Gasteiger partial charge in [0.15, 0.2) is 0 Å². The molecule has 1 aromatic carbocycles. The van der Waals surface area contributed by atoms with Crippen LogP contribution in [0.15, 0.2) is 23.1 Å². The number of hydrogen-bond donors (Lipinski definition) is 0. The highest BCUT2D eigenvalue weighted by molar-refractivity contribution is 7.89. The molecule has 1 aliphatic heterocycles. The Balaban J connectivity index is 2.12. The first-order valence-corrected chi connectivity index (χ1v) is 8.41. The van der Waals surface area contributed by atoms with Crippen LogP contribution in [0.2, 0.25) is 0 Å². The van der Waals surface area contributed by atoms with E-state index in [0.29, 0.717) is 12.8 Å². The SMILES string of the molecule is COC(=O)C[C@H]1c2cc(C(F)(F)F)ccc2S(=O)(=O)N1C1CC1. The zero-order chi connectivity index (χ0) is 17.0. The molecular weight excluding hydrogens is 335 g/mol. The van der Waals surface area contributed by atoms with Crippen LogP contribution in [0.4, 0.5) is 13.2 Å². The maximum atomic E-state index is 12.9. The third-order valence-corrected chi connectivity index (χ3v) is 6.09.